The summed E-state index contributed by atoms with van der Waals surface area (Å²) in [6.45, 7) is 11.0. The summed E-state index contributed by atoms with van der Waals surface area (Å²) in [5.41, 5.74) is 0. The van der Waals surface area contributed by atoms with Crippen molar-refractivity contribution >= 4 is 7.82 Å². The Morgan fingerprint density at radius 1 is 1.00 bits per heavy atom. The third-order valence-corrected chi connectivity index (χ3v) is 4.37. The molecule has 0 saturated heterocycles. The average Bonchev–Trinajstić information content (AvgIpc) is 3.02. The second-order valence-corrected chi connectivity index (χ2v) is 7.07. The molecule has 142 valence electrons. The predicted molar refractivity (Wildman–Crippen MR) is 94.5 cm³/mol. The summed E-state index contributed by atoms with van der Waals surface area (Å²) in [5, 5.41) is 0. The molecule has 0 fully saturated rings. The average molecular weight is 362 g/mol. The van der Waals surface area contributed by atoms with Crippen LogP contribution in [0.5, 0.6) is 0 Å². The Kier molecular flexibility index (Phi) is 14.2. The summed E-state index contributed by atoms with van der Waals surface area (Å²) >= 11 is 0. The van der Waals surface area contributed by atoms with Crippen LogP contribution in [0.4, 0.5) is 0 Å². The molecule has 0 aliphatic carbocycles. The Morgan fingerprint density at radius 2 is 1.54 bits per heavy atom. The van der Waals surface area contributed by atoms with E-state index >= 15 is 0 Å². The number of phosphoric acid groups is 1. The number of aryl methyl sites for hydroxylation is 2. The van der Waals surface area contributed by atoms with Gasteiger partial charge in [0.15, 0.2) is 0 Å². The summed E-state index contributed by atoms with van der Waals surface area (Å²) in [7, 11) is -4.00. The van der Waals surface area contributed by atoms with E-state index in [1.165, 1.54) is 12.8 Å². The maximum atomic E-state index is 11.0. The molecule has 6 nitrogen and oxygen atoms in total. The van der Waals surface area contributed by atoms with Gasteiger partial charge in [-0.25, -0.2) is 9.13 Å². The van der Waals surface area contributed by atoms with Crippen molar-refractivity contribution in [2.45, 2.75) is 79.3 Å². The quantitative estimate of drug-likeness (QED) is 0.323. The molecular weight excluding hydrogens is 327 g/mol. The van der Waals surface area contributed by atoms with Gasteiger partial charge in [-0.3, -0.25) is 4.57 Å². The van der Waals surface area contributed by atoms with Gasteiger partial charge in [0.25, 0.3) is 7.82 Å². The molecule has 0 bridgehead atoms. The number of aromatic nitrogens is 2. The van der Waals surface area contributed by atoms with Gasteiger partial charge in [-0.15, -0.1) is 0 Å². The van der Waals surface area contributed by atoms with Crippen molar-refractivity contribution in [3.05, 3.63) is 18.7 Å². The SMILES string of the molecule is CCCCOP(=O)([O-])OCCCC.CCCC[n+]1ccn(CC)c1. The lowest BCUT2D eigenvalue weighted by Crippen LogP contribution is -2.30. The molecule has 1 aromatic rings. The molecule has 0 saturated carbocycles. The van der Waals surface area contributed by atoms with Crippen molar-refractivity contribution in [1.82, 2.24) is 4.57 Å². The smallest absolute Gasteiger partial charge is 0.267 e. The van der Waals surface area contributed by atoms with Gasteiger partial charge >= 0.3 is 0 Å². The summed E-state index contributed by atoms with van der Waals surface area (Å²) in [6.07, 6.45) is 12.3. The highest BCUT2D eigenvalue weighted by molar-refractivity contribution is 7.45. The number of imidazole rings is 1. The topological polar surface area (TPSA) is 67.4 Å². The minimum atomic E-state index is -4.00. The van der Waals surface area contributed by atoms with Gasteiger partial charge < -0.3 is 13.9 Å². The zero-order chi connectivity index (χ0) is 18.3. The highest BCUT2D eigenvalue weighted by atomic mass is 31.2. The lowest BCUT2D eigenvalue weighted by atomic mass is 10.3. The van der Waals surface area contributed by atoms with Crippen LogP contribution >= 0.6 is 7.82 Å². The van der Waals surface area contributed by atoms with E-state index < -0.39 is 7.82 Å². The molecule has 7 heteroatoms. The summed E-state index contributed by atoms with van der Waals surface area (Å²) < 4.78 is 24.6. The zero-order valence-corrected chi connectivity index (χ0v) is 16.7. The molecule has 24 heavy (non-hydrogen) atoms. The largest absolute Gasteiger partial charge is 0.756 e. The number of rotatable bonds is 12. The minimum absolute atomic E-state index is 0.226. The Labute approximate surface area is 147 Å². The molecule has 0 atom stereocenters. The van der Waals surface area contributed by atoms with E-state index in [1.54, 1.807) is 0 Å². The second-order valence-electron chi connectivity index (χ2n) is 5.66. The standard InChI is InChI=1S/C9H17N2.C8H19O4P/c1-3-5-6-11-8-7-10(4-2)9-11;1-3-5-7-11-13(9,10)12-8-6-4-2/h7-9H,3-6H2,1-2H3;3-8H2,1-2H3,(H,9,10)/q+1;/p-1. The highest BCUT2D eigenvalue weighted by Crippen LogP contribution is 2.38. The molecule has 0 N–H and O–H groups in total. The van der Waals surface area contributed by atoms with Crippen molar-refractivity contribution in [3.8, 4) is 0 Å². The fraction of sp³-hybridized carbons (Fsp3) is 0.824. The lowest BCUT2D eigenvalue weighted by molar-refractivity contribution is -0.696. The predicted octanol–water partition coefficient (Wildman–Crippen LogP) is 3.68. The van der Waals surface area contributed by atoms with Gasteiger partial charge in [-0.1, -0.05) is 40.0 Å². The molecule has 0 aromatic carbocycles. The van der Waals surface area contributed by atoms with E-state index in [1.807, 2.05) is 13.8 Å². The third-order valence-electron chi connectivity index (χ3n) is 3.38. The van der Waals surface area contributed by atoms with Gasteiger partial charge in [-0.05, 0) is 26.2 Å². The number of nitrogens with zero attached hydrogens (tertiary/aromatic N) is 2. The van der Waals surface area contributed by atoms with Gasteiger partial charge in [0, 0.05) is 0 Å². The van der Waals surface area contributed by atoms with E-state index in [0.717, 1.165) is 38.8 Å². The molecular formula is C17H35N2O4P. The molecule has 0 aliphatic heterocycles. The van der Waals surface area contributed by atoms with Crippen molar-refractivity contribution < 1.29 is 23.1 Å². The molecule has 0 amide bonds. The van der Waals surface area contributed by atoms with E-state index in [-0.39, 0.29) is 13.2 Å². The number of unbranched alkanes of at least 4 members (excludes halogenated alkanes) is 3. The zero-order valence-electron chi connectivity index (χ0n) is 15.8. The van der Waals surface area contributed by atoms with Crippen LogP contribution in [0, 0.1) is 0 Å². The Balaban J connectivity index is 0.000000446. The van der Waals surface area contributed by atoms with E-state index in [0.29, 0.717) is 0 Å². The van der Waals surface area contributed by atoms with Gasteiger partial charge in [-0.2, -0.15) is 0 Å². The van der Waals surface area contributed by atoms with E-state index in [9.17, 15) is 9.46 Å². The lowest BCUT2D eigenvalue weighted by Gasteiger charge is -2.22. The highest BCUT2D eigenvalue weighted by Gasteiger charge is 2.07. The third kappa shape index (κ3) is 12.7. The molecule has 1 aromatic heterocycles. The van der Waals surface area contributed by atoms with Crippen molar-refractivity contribution in [2.24, 2.45) is 0 Å². The van der Waals surface area contributed by atoms with Gasteiger partial charge in [0.1, 0.15) is 12.4 Å². The fourth-order valence-electron chi connectivity index (χ4n) is 1.78. The van der Waals surface area contributed by atoms with E-state index in [4.69, 9.17) is 0 Å². The minimum Gasteiger partial charge on any atom is -0.756 e. The monoisotopic (exact) mass is 362 g/mol. The molecule has 0 unspecified atom stereocenters. The first kappa shape index (κ1) is 23.3. The molecule has 0 spiro atoms. The second kappa shape index (κ2) is 14.6. The summed E-state index contributed by atoms with van der Waals surface area (Å²) in [5.74, 6) is 0. The molecule has 1 heterocycles. The van der Waals surface area contributed by atoms with Crippen LogP contribution in [0.15, 0.2) is 18.7 Å². The first-order valence-corrected chi connectivity index (χ1v) is 10.6. The molecule has 0 aliphatic rings. The van der Waals surface area contributed by atoms with Crippen LogP contribution in [-0.2, 0) is 26.7 Å². The van der Waals surface area contributed by atoms with Crippen LogP contribution in [-0.4, -0.2) is 17.8 Å². The Morgan fingerprint density at radius 3 is 1.96 bits per heavy atom. The number of hydrogen-bond acceptors (Lipinski definition) is 4. The van der Waals surface area contributed by atoms with Crippen molar-refractivity contribution in [3.63, 3.8) is 0 Å². The van der Waals surface area contributed by atoms with Crippen LogP contribution in [0.2, 0.25) is 0 Å². The van der Waals surface area contributed by atoms with Crippen molar-refractivity contribution in [2.75, 3.05) is 13.2 Å². The Hall–Kier alpha value is -0.680. The summed E-state index contributed by atoms with van der Waals surface area (Å²) in [4.78, 5) is 11.0. The Bertz CT molecular complexity index is 438. The fourth-order valence-corrected chi connectivity index (χ4v) is 2.56. The van der Waals surface area contributed by atoms with Crippen molar-refractivity contribution in [1.29, 1.82) is 0 Å². The van der Waals surface area contributed by atoms with Crippen LogP contribution in [0.25, 0.3) is 0 Å². The summed E-state index contributed by atoms with van der Waals surface area (Å²) in [6, 6.07) is 0. The number of hydrogen-bond donors (Lipinski definition) is 0. The maximum Gasteiger partial charge on any atom is 0.267 e. The first-order chi connectivity index (χ1) is 11.5. The van der Waals surface area contributed by atoms with E-state index in [2.05, 4.69) is 50.8 Å². The van der Waals surface area contributed by atoms with Crippen LogP contribution in [0.3, 0.4) is 0 Å². The molecule has 0 radical (unpaired) electrons. The van der Waals surface area contributed by atoms with Crippen LogP contribution < -0.4 is 9.46 Å². The van der Waals surface area contributed by atoms with Gasteiger partial charge in [0.05, 0.1) is 26.3 Å². The molecule has 1 rings (SSSR count). The van der Waals surface area contributed by atoms with Crippen LogP contribution in [0.1, 0.15) is 66.2 Å². The van der Waals surface area contributed by atoms with Gasteiger partial charge in [0.2, 0.25) is 6.33 Å². The normalized spacial score (nSPS) is 11.2. The first-order valence-electron chi connectivity index (χ1n) is 9.13. The number of phosphoric ester groups is 1. The maximum absolute atomic E-state index is 11.0.